The maximum atomic E-state index is 11.8. The lowest BCUT2D eigenvalue weighted by Gasteiger charge is -2.39. The van der Waals surface area contributed by atoms with Gasteiger partial charge in [0.05, 0.1) is 0 Å². The summed E-state index contributed by atoms with van der Waals surface area (Å²) in [5.41, 5.74) is 0. The van der Waals surface area contributed by atoms with Crippen molar-refractivity contribution in [2.75, 3.05) is 46.4 Å². The molecule has 0 saturated carbocycles. The molecule has 5 nitrogen and oxygen atoms in total. The summed E-state index contributed by atoms with van der Waals surface area (Å²) in [5, 5.41) is 11.8. The quantitative estimate of drug-likeness (QED) is 0.639. The topological polar surface area (TPSA) is 55.8 Å². The minimum absolute atomic E-state index is 0.109. The normalized spacial score (nSPS) is 19.2. The summed E-state index contributed by atoms with van der Waals surface area (Å²) in [4.78, 5) is 16.6. The molecule has 1 amide bonds. The van der Waals surface area contributed by atoms with Crippen LogP contribution in [-0.2, 0) is 4.79 Å². The molecule has 20 heavy (non-hydrogen) atoms. The maximum absolute atomic E-state index is 11.8. The number of hydrogen-bond donors (Lipinski definition) is 2. The first-order valence-corrected chi connectivity index (χ1v) is 7.84. The molecular formula is C15H31N3O2. The van der Waals surface area contributed by atoms with Gasteiger partial charge in [0.15, 0.2) is 0 Å². The number of carbonyl (C=O) groups is 1. The number of nitrogens with zero attached hydrogens (tertiary/aromatic N) is 2. The fourth-order valence-electron chi connectivity index (χ4n) is 2.64. The van der Waals surface area contributed by atoms with E-state index < -0.39 is 0 Å². The zero-order valence-electron chi connectivity index (χ0n) is 13.3. The van der Waals surface area contributed by atoms with Gasteiger partial charge in [-0.3, -0.25) is 9.69 Å². The van der Waals surface area contributed by atoms with Gasteiger partial charge in [0, 0.05) is 51.8 Å². The van der Waals surface area contributed by atoms with Gasteiger partial charge in [-0.1, -0.05) is 13.8 Å². The third-order valence-corrected chi connectivity index (χ3v) is 4.10. The maximum Gasteiger partial charge on any atom is 0.220 e. The molecule has 1 atom stereocenters. The number of unbranched alkanes of at least 4 members (excludes halogenated alkanes) is 1. The van der Waals surface area contributed by atoms with E-state index in [2.05, 4.69) is 36.0 Å². The first-order chi connectivity index (χ1) is 9.54. The molecule has 2 N–H and O–H groups in total. The number of carbonyl (C=O) groups excluding carboxylic acids is 1. The molecule has 1 rings (SSSR count). The molecule has 0 radical (unpaired) electrons. The van der Waals surface area contributed by atoms with Crippen LogP contribution < -0.4 is 5.32 Å². The Morgan fingerprint density at radius 2 is 1.85 bits per heavy atom. The highest BCUT2D eigenvalue weighted by Gasteiger charge is 2.25. The van der Waals surface area contributed by atoms with E-state index in [0.717, 1.165) is 39.1 Å². The van der Waals surface area contributed by atoms with Crippen LogP contribution in [0.15, 0.2) is 0 Å². The highest BCUT2D eigenvalue weighted by atomic mass is 16.3. The largest absolute Gasteiger partial charge is 0.396 e. The predicted molar refractivity (Wildman–Crippen MR) is 81.6 cm³/mol. The Labute approximate surface area is 123 Å². The first-order valence-electron chi connectivity index (χ1n) is 7.84. The number of hydrogen-bond acceptors (Lipinski definition) is 4. The van der Waals surface area contributed by atoms with Crippen LogP contribution in [0.1, 0.15) is 33.1 Å². The van der Waals surface area contributed by atoms with Gasteiger partial charge in [0.25, 0.3) is 0 Å². The van der Waals surface area contributed by atoms with Crippen molar-refractivity contribution in [3.8, 4) is 0 Å². The third-order valence-electron chi connectivity index (χ3n) is 4.10. The summed E-state index contributed by atoms with van der Waals surface area (Å²) in [6.07, 6.45) is 2.00. The average Bonchev–Trinajstić information content (AvgIpc) is 2.41. The van der Waals surface area contributed by atoms with Gasteiger partial charge in [-0.15, -0.1) is 0 Å². The molecule has 0 aromatic rings. The molecule has 0 bridgehead atoms. The molecular weight excluding hydrogens is 254 g/mol. The van der Waals surface area contributed by atoms with Crippen LogP contribution in [0.3, 0.4) is 0 Å². The SMILES string of the molecule is CC(C)C(CNC(=O)CCCCO)N1CCN(C)CC1. The summed E-state index contributed by atoms with van der Waals surface area (Å²) < 4.78 is 0. The van der Waals surface area contributed by atoms with E-state index in [4.69, 9.17) is 5.11 Å². The second-order valence-electron chi connectivity index (χ2n) is 6.14. The number of likely N-dealkylation sites (N-methyl/N-ethyl adjacent to an activating group) is 1. The van der Waals surface area contributed by atoms with Crippen molar-refractivity contribution in [2.24, 2.45) is 5.92 Å². The van der Waals surface area contributed by atoms with Crippen LogP contribution in [0.2, 0.25) is 0 Å². The average molecular weight is 285 g/mol. The molecule has 0 aliphatic carbocycles. The molecule has 1 fully saturated rings. The van der Waals surface area contributed by atoms with Crippen LogP contribution in [0.4, 0.5) is 0 Å². The van der Waals surface area contributed by atoms with E-state index >= 15 is 0 Å². The minimum atomic E-state index is 0.109. The van der Waals surface area contributed by atoms with E-state index in [1.165, 1.54) is 0 Å². The number of aliphatic hydroxyl groups excluding tert-OH is 1. The van der Waals surface area contributed by atoms with E-state index in [9.17, 15) is 4.79 Å². The van der Waals surface area contributed by atoms with Gasteiger partial charge in [-0.2, -0.15) is 0 Å². The van der Waals surface area contributed by atoms with Crippen molar-refractivity contribution >= 4 is 5.91 Å². The summed E-state index contributed by atoms with van der Waals surface area (Å²) in [6, 6.07) is 0.422. The number of piperazine rings is 1. The van der Waals surface area contributed by atoms with Crippen molar-refractivity contribution in [3.63, 3.8) is 0 Å². The van der Waals surface area contributed by atoms with Gasteiger partial charge in [0.2, 0.25) is 5.91 Å². The van der Waals surface area contributed by atoms with Crippen LogP contribution in [-0.4, -0.2) is 73.2 Å². The van der Waals surface area contributed by atoms with Gasteiger partial charge in [-0.25, -0.2) is 0 Å². The third kappa shape index (κ3) is 6.20. The fourth-order valence-corrected chi connectivity index (χ4v) is 2.64. The lowest BCUT2D eigenvalue weighted by atomic mass is 10.0. The summed E-state index contributed by atoms with van der Waals surface area (Å²) >= 11 is 0. The Morgan fingerprint density at radius 1 is 1.20 bits per heavy atom. The highest BCUT2D eigenvalue weighted by molar-refractivity contribution is 5.75. The van der Waals surface area contributed by atoms with Crippen molar-refractivity contribution < 1.29 is 9.90 Å². The molecule has 0 aromatic heterocycles. The van der Waals surface area contributed by atoms with Crippen LogP contribution in [0, 0.1) is 5.92 Å². The number of rotatable bonds is 8. The second-order valence-corrected chi connectivity index (χ2v) is 6.14. The van der Waals surface area contributed by atoms with Crippen LogP contribution >= 0.6 is 0 Å². The lowest BCUT2D eigenvalue weighted by Crippen LogP contribution is -2.54. The number of aliphatic hydroxyl groups is 1. The van der Waals surface area contributed by atoms with Crippen molar-refractivity contribution in [2.45, 2.75) is 39.2 Å². The Morgan fingerprint density at radius 3 is 2.40 bits per heavy atom. The zero-order valence-corrected chi connectivity index (χ0v) is 13.3. The number of amides is 1. The van der Waals surface area contributed by atoms with Gasteiger partial charge in [-0.05, 0) is 25.8 Å². The lowest BCUT2D eigenvalue weighted by molar-refractivity contribution is -0.121. The Bertz CT molecular complexity index is 276. The Hall–Kier alpha value is -0.650. The van der Waals surface area contributed by atoms with Gasteiger partial charge in [0.1, 0.15) is 0 Å². The Kier molecular flexibility index (Phi) is 8.11. The first kappa shape index (κ1) is 17.4. The molecule has 1 unspecified atom stereocenters. The fraction of sp³-hybridized carbons (Fsp3) is 0.933. The molecule has 1 aliphatic heterocycles. The standard InChI is InChI=1S/C15H31N3O2/c1-13(2)14(18-9-7-17(3)8-10-18)12-16-15(20)6-4-5-11-19/h13-14,19H,4-12H2,1-3H3,(H,16,20). The highest BCUT2D eigenvalue weighted by Crippen LogP contribution is 2.13. The van der Waals surface area contributed by atoms with Crippen molar-refractivity contribution in [1.29, 1.82) is 0 Å². The van der Waals surface area contributed by atoms with Gasteiger partial charge < -0.3 is 15.3 Å². The molecule has 1 heterocycles. The monoisotopic (exact) mass is 285 g/mol. The van der Waals surface area contributed by atoms with E-state index in [1.807, 2.05) is 0 Å². The van der Waals surface area contributed by atoms with E-state index in [0.29, 0.717) is 24.8 Å². The smallest absolute Gasteiger partial charge is 0.220 e. The van der Waals surface area contributed by atoms with Crippen molar-refractivity contribution in [1.82, 2.24) is 15.1 Å². The zero-order chi connectivity index (χ0) is 15.0. The van der Waals surface area contributed by atoms with Gasteiger partial charge >= 0.3 is 0 Å². The van der Waals surface area contributed by atoms with E-state index in [1.54, 1.807) is 0 Å². The van der Waals surface area contributed by atoms with Crippen LogP contribution in [0.5, 0.6) is 0 Å². The molecule has 1 aliphatic rings. The summed E-state index contributed by atoms with van der Waals surface area (Å²) in [5.74, 6) is 0.648. The minimum Gasteiger partial charge on any atom is -0.396 e. The second kappa shape index (κ2) is 9.32. The predicted octanol–water partition coefficient (Wildman–Crippen LogP) is 0.537. The molecule has 1 saturated heterocycles. The van der Waals surface area contributed by atoms with E-state index in [-0.39, 0.29) is 12.5 Å². The summed E-state index contributed by atoms with van der Waals surface area (Å²) in [7, 11) is 2.16. The molecule has 5 heteroatoms. The number of nitrogens with one attached hydrogen (secondary N) is 1. The van der Waals surface area contributed by atoms with Crippen LogP contribution in [0.25, 0.3) is 0 Å². The Balaban J connectivity index is 2.33. The molecule has 0 aromatic carbocycles. The molecule has 118 valence electrons. The molecule has 0 spiro atoms. The summed E-state index contributed by atoms with van der Waals surface area (Å²) in [6.45, 7) is 9.73. The van der Waals surface area contributed by atoms with Crippen molar-refractivity contribution in [3.05, 3.63) is 0 Å².